The molecule has 148 valence electrons. The Morgan fingerprint density at radius 2 is 1.54 bits per heavy atom. The van der Waals surface area contributed by atoms with E-state index in [1.54, 1.807) is 0 Å². The van der Waals surface area contributed by atoms with Gasteiger partial charge in [-0.25, -0.2) is 0 Å². The van der Waals surface area contributed by atoms with Crippen molar-refractivity contribution in [1.29, 1.82) is 0 Å². The van der Waals surface area contributed by atoms with E-state index in [9.17, 15) is 9.90 Å². The van der Waals surface area contributed by atoms with Crippen LogP contribution in [0.25, 0.3) is 0 Å². The van der Waals surface area contributed by atoms with Gasteiger partial charge in [-0.1, -0.05) is 36.7 Å². The second kappa shape index (κ2) is 6.05. The molecule has 0 bridgehead atoms. The molecule has 0 spiro atoms. The molecule has 4 rings (SSSR count). The summed E-state index contributed by atoms with van der Waals surface area (Å²) in [5.41, 5.74) is 0.512. The number of hydrogen-bond donors (Lipinski definition) is 1. The molecule has 0 saturated heterocycles. The molecule has 0 radical (unpaired) electrons. The van der Waals surface area contributed by atoms with Crippen LogP contribution in [0, 0.1) is 39.9 Å². The van der Waals surface area contributed by atoms with Crippen LogP contribution >= 0.6 is 15.9 Å². The standard InChI is InChI=1S/C23H37BrO2/c1-20(26)11-12-21(2)15(13-20)7-9-23(4)18-6-5-16(17(25)14-24)22(18,3)10-8-19(21)23/h15-16,18-19,26H,5-14H2,1-4H3/t15-,16+,18+,19+,20+,21-,22+,23-/m0/s1. The lowest BCUT2D eigenvalue weighted by atomic mass is 9.39. The highest BCUT2D eigenvalue weighted by Crippen LogP contribution is 2.72. The van der Waals surface area contributed by atoms with Crippen LogP contribution in [-0.2, 0) is 4.79 Å². The lowest BCUT2D eigenvalue weighted by Gasteiger charge is -2.66. The van der Waals surface area contributed by atoms with Crippen molar-refractivity contribution in [2.24, 2.45) is 39.9 Å². The van der Waals surface area contributed by atoms with Crippen molar-refractivity contribution in [1.82, 2.24) is 0 Å². The molecule has 1 N–H and O–H groups in total. The van der Waals surface area contributed by atoms with Crippen molar-refractivity contribution in [3.8, 4) is 0 Å². The molecule has 0 aromatic carbocycles. The largest absolute Gasteiger partial charge is 0.390 e. The third-order valence-electron chi connectivity index (χ3n) is 10.1. The fraction of sp³-hybridized carbons (Fsp3) is 0.957. The van der Waals surface area contributed by atoms with E-state index in [4.69, 9.17) is 0 Å². The molecule has 4 aliphatic carbocycles. The van der Waals surface area contributed by atoms with Crippen molar-refractivity contribution in [2.45, 2.75) is 91.1 Å². The van der Waals surface area contributed by atoms with Crippen LogP contribution in [0.3, 0.4) is 0 Å². The first-order chi connectivity index (χ1) is 12.1. The molecular formula is C23H37BrO2. The molecule has 0 unspecified atom stereocenters. The Labute approximate surface area is 168 Å². The van der Waals surface area contributed by atoms with Gasteiger partial charge in [-0.15, -0.1) is 0 Å². The van der Waals surface area contributed by atoms with Gasteiger partial charge in [0, 0.05) is 5.92 Å². The van der Waals surface area contributed by atoms with Crippen LogP contribution in [0.15, 0.2) is 0 Å². The number of halogens is 1. The minimum atomic E-state index is -0.456. The minimum Gasteiger partial charge on any atom is -0.390 e. The topological polar surface area (TPSA) is 37.3 Å². The van der Waals surface area contributed by atoms with Crippen LogP contribution in [0.2, 0.25) is 0 Å². The van der Waals surface area contributed by atoms with Crippen molar-refractivity contribution >= 4 is 21.7 Å². The number of carbonyl (C=O) groups is 1. The predicted octanol–water partition coefficient (Wildman–Crippen LogP) is 5.75. The summed E-state index contributed by atoms with van der Waals surface area (Å²) >= 11 is 3.44. The maximum Gasteiger partial charge on any atom is 0.147 e. The fourth-order valence-electron chi connectivity index (χ4n) is 8.73. The number of alkyl halides is 1. The van der Waals surface area contributed by atoms with E-state index in [1.165, 1.54) is 38.5 Å². The third-order valence-corrected chi connectivity index (χ3v) is 10.6. The Morgan fingerprint density at radius 1 is 0.885 bits per heavy atom. The number of hydrogen-bond acceptors (Lipinski definition) is 2. The minimum absolute atomic E-state index is 0.208. The number of aliphatic hydroxyl groups is 1. The number of rotatable bonds is 2. The maximum absolute atomic E-state index is 12.6. The van der Waals surface area contributed by atoms with Crippen LogP contribution < -0.4 is 0 Å². The summed E-state index contributed by atoms with van der Waals surface area (Å²) in [6.07, 6.45) is 10.5. The Balaban J connectivity index is 1.66. The summed E-state index contributed by atoms with van der Waals surface area (Å²) < 4.78 is 0. The van der Waals surface area contributed by atoms with E-state index in [0.29, 0.717) is 33.8 Å². The monoisotopic (exact) mass is 424 g/mol. The molecule has 4 saturated carbocycles. The van der Waals surface area contributed by atoms with E-state index in [1.807, 2.05) is 6.92 Å². The lowest BCUT2D eigenvalue weighted by molar-refractivity contribution is -0.186. The maximum atomic E-state index is 12.6. The van der Waals surface area contributed by atoms with Gasteiger partial charge in [0.15, 0.2) is 0 Å². The van der Waals surface area contributed by atoms with E-state index >= 15 is 0 Å². The SMILES string of the molecule is C[C@@]1(O)CC[C@@]2(C)[C@@H](CC[C@]3(C)[C@@H]2CC[C@@]2(C)[C@H]3CC[C@@H]2C(=O)CBr)C1. The zero-order valence-corrected chi connectivity index (χ0v) is 18.7. The van der Waals surface area contributed by atoms with Crippen LogP contribution in [0.5, 0.6) is 0 Å². The van der Waals surface area contributed by atoms with Gasteiger partial charge in [0.2, 0.25) is 0 Å². The number of Topliss-reactive ketones (excluding diaryl/α,β-unsaturated/α-hetero) is 1. The zero-order valence-electron chi connectivity index (χ0n) is 17.1. The highest BCUT2D eigenvalue weighted by Gasteiger charge is 2.66. The summed E-state index contributed by atoms with van der Waals surface area (Å²) in [5.74, 6) is 2.84. The highest BCUT2D eigenvalue weighted by atomic mass is 79.9. The van der Waals surface area contributed by atoms with Gasteiger partial charge in [0.1, 0.15) is 5.78 Å². The van der Waals surface area contributed by atoms with E-state index < -0.39 is 5.60 Å². The van der Waals surface area contributed by atoms with Gasteiger partial charge < -0.3 is 5.11 Å². The Kier molecular flexibility index (Phi) is 4.52. The van der Waals surface area contributed by atoms with Gasteiger partial charge in [0.25, 0.3) is 0 Å². The summed E-state index contributed by atoms with van der Waals surface area (Å²) in [4.78, 5) is 12.6. The highest BCUT2D eigenvalue weighted by molar-refractivity contribution is 9.09. The summed E-state index contributed by atoms with van der Waals surface area (Å²) in [6, 6.07) is 0. The van der Waals surface area contributed by atoms with Crippen LogP contribution in [0.4, 0.5) is 0 Å². The molecule has 4 aliphatic rings. The molecule has 2 nitrogen and oxygen atoms in total. The molecule has 3 heteroatoms. The van der Waals surface area contributed by atoms with Crippen LogP contribution in [0.1, 0.15) is 85.5 Å². The molecule has 0 aromatic heterocycles. The van der Waals surface area contributed by atoms with E-state index in [2.05, 4.69) is 36.7 Å². The Hall–Kier alpha value is 0.110. The van der Waals surface area contributed by atoms with E-state index in [-0.39, 0.29) is 11.3 Å². The first kappa shape index (κ1) is 19.4. The molecule has 0 heterocycles. The van der Waals surface area contributed by atoms with Gasteiger partial charge in [-0.05, 0) is 98.7 Å². The number of ketones is 1. The third kappa shape index (κ3) is 2.55. The smallest absolute Gasteiger partial charge is 0.147 e. The van der Waals surface area contributed by atoms with Crippen molar-refractivity contribution in [2.75, 3.05) is 5.33 Å². The molecule has 0 aliphatic heterocycles. The summed E-state index contributed by atoms with van der Waals surface area (Å²) in [7, 11) is 0. The molecule has 0 aromatic rings. The van der Waals surface area contributed by atoms with Crippen molar-refractivity contribution < 1.29 is 9.90 Å². The predicted molar refractivity (Wildman–Crippen MR) is 109 cm³/mol. The fourth-order valence-corrected chi connectivity index (χ4v) is 9.12. The Morgan fingerprint density at radius 3 is 2.23 bits per heavy atom. The zero-order chi connectivity index (χ0) is 19.0. The van der Waals surface area contributed by atoms with Crippen molar-refractivity contribution in [3.05, 3.63) is 0 Å². The summed E-state index contributed by atoms with van der Waals surface area (Å²) in [6.45, 7) is 9.62. The molecular weight excluding hydrogens is 388 g/mol. The normalized spacial score (nSPS) is 56.4. The average molecular weight is 425 g/mol. The Bertz CT molecular complexity index is 601. The second-order valence-electron chi connectivity index (χ2n) is 11.3. The number of fused-ring (bicyclic) bond motifs is 5. The van der Waals surface area contributed by atoms with Crippen molar-refractivity contribution in [3.63, 3.8) is 0 Å². The molecule has 26 heavy (non-hydrogen) atoms. The second-order valence-corrected chi connectivity index (χ2v) is 11.9. The summed E-state index contributed by atoms with van der Waals surface area (Å²) in [5, 5.41) is 11.2. The number of carbonyl (C=O) groups excluding carboxylic acids is 1. The van der Waals surface area contributed by atoms with Gasteiger partial charge in [0.05, 0.1) is 10.9 Å². The van der Waals surface area contributed by atoms with Crippen LogP contribution in [-0.4, -0.2) is 21.8 Å². The first-order valence-electron chi connectivity index (χ1n) is 10.9. The quantitative estimate of drug-likeness (QED) is 0.572. The van der Waals surface area contributed by atoms with Gasteiger partial charge in [-0.3, -0.25) is 4.79 Å². The lowest BCUT2D eigenvalue weighted by Crippen LogP contribution is -2.60. The van der Waals surface area contributed by atoms with Gasteiger partial charge in [-0.2, -0.15) is 0 Å². The molecule has 8 atom stereocenters. The molecule has 4 fully saturated rings. The van der Waals surface area contributed by atoms with Gasteiger partial charge >= 0.3 is 0 Å². The first-order valence-corrected chi connectivity index (χ1v) is 12.0. The van der Waals surface area contributed by atoms with E-state index in [0.717, 1.165) is 25.2 Å². The average Bonchev–Trinajstić information content (AvgIpc) is 2.93. The molecule has 0 amide bonds.